The molecular formula is C15H19NO6S2. The first-order chi connectivity index (χ1) is 11.2. The molecule has 1 aromatic carbocycles. The average molecular weight is 373 g/mol. The van der Waals surface area contributed by atoms with Crippen LogP contribution in [0.3, 0.4) is 0 Å². The number of rotatable bonds is 3. The summed E-state index contributed by atoms with van der Waals surface area (Å²) in [7, 11) is -7.27. The number of carbonyl (C=O) groups is 1. The van der Waals surface area contributed by atoms with E-state index in [-0.39, 0.29) is 34.5 Å². The summed E-state index contributed by atoms with van der Waals surface area (Å²) in [6.45, 7) is 1.17. The second-order valence-corrected chi connectivity index (χ2v) is 10.1. The lowest BCUT2D eigenvalue weighted by Gasteiger charge is -2.35. The SMILES string of the molecule is O=C1CCN(CC2CCS(=O)(=O)CC2)c2ccc(S(=O)(=O)O)cc21. The summed E-state index contributed by atoms with van der Waals surface area (Å²) >= 11 is 0. The van der Waals surface area contributed by atoms with Crippen molar-refractivity contribution in [3.05, 3.63) is 23.8 Å². The van der Waals surface area contributed by atoms with Gasteiger partial charge in [0.2, 0.25) is 0 Å². The first-order valence-corrected chi connectivity index (χ1v) is 11.0. The van der Waals surface area contributed by atoms with Gasteiger partial charge in [-0.05, 0) is 37.0 Å². The molecule has 0 aromatic heterocycles. The Kier molecular flexibility index (Phi) is 4.43. The molecule has 0 spiro atoms. The Morgan fingerprint density at radius 3 is 2.50 bits per heavy atom. The summed E-state index contributed by atoms with van der Waals surface area (Å²) in [5.74, 6) is 0.464. The molecule has 0 bridgehead atoms. The van der Waals surface area contributed by atoms with Crippen LogP contribution >= 0.6 is 0 Å². The second-order valence-electron chi connectivity index (χ2n) is 6.37. The van der Waals surface area contributed by atoms with Crippen LogP contribution in [0.5, 0.6) is 0 Å². The van der Waals surface area contributed by atoms with Gasteiger partial charge in [0.25, 0.3) is 10.1 Å². The fourth-order valence-electron chi connectivity index (χ4n) is 3.29. The molecule has 24 heavy (non-hydrogen) atoms. The van der Waals surface area contributed by atoms with E-state index in [9.17, 15) is 21.6 Å². The normalized spacial score (nSPS) is 21.5. The van der Waals surface area contributed by atoms with Crippen molar-refractivity contribution in [1.82, 2.24) is 0 Å². The Morgan fingerprint density at radius 2 is 1.88 bits per heavy atom. The highest BCUT2D eigenvalue weighted by Crippen LogP contribution is 2.31. The van der Waals surface area contributed by atoms with Gasteiger partial charge in [0.1, 0.15) is 9.84 Å². The van der Waals surface area contributed by atoms with Gasteiger partial charge in [-0.2, -0.15) is 8.42 Å². The van der Waals surface area contributed by atoms with Gasteiger partial charge in [-0.15, -0.1) is 0 Å². The van der Waals surface area contributed by atoms with E-state index in [2.05, 4.69) is 0 Å². The zero-order chi connectivity index (χ0) is 17.5. The van der Waals surface area contributed by atoms with Crippen LogP contribution in [0.25, 0.3) is 0 Å². The van der Waals surface area contributed by atoms with E-state index in [0.29, 0.717) is 37.2 Å². The first-order valence-electron chi connectivity index (χ1n) is 7.76. The van der Waals surface area contributed by atoms with Crippen LogP contribution < -0.4 is 4.90 Å². The Hall–Kier alpha value is -1.45. The van der Waals surface area contributed by atoms with Crippen LogP contribution in [0.1, 0.15) is 29.6 Å². The maximum atomic E-state index is 12.1. The molecule has 0 saturated carbocycles. The van der Waals surface area contributed by atoms with Gasteiger partial charge in [0.05, 0.1) is 16.4 Å². The van der Waals surface area contributed by atoms with Gasteiger partial charge in [-0.25, -0.2) is 8.42 Å². The molecule has 132 valence electrons. The number of sulfone groups is 1. The monoisotopic (exact) mass is 373 g/mol. The Bertz CT molecular complexity index is 861. The van der Waals surface area contributed by atoms with E-state index >= 15 is 0 Å². The highest BCUT2D eigenvalue weighted by molar-refractivity contribution is 7.91. The van der Waals surface area contributed by atoms with E-state index in [4.69, 9.17) is 4.55 Å². The summed E-state index contributed by atoms with van der Waals surface area (Å²) < 4.78 is 54.7. The van der Waals surface area contributed by atoms with E-state index in [1.807, 2.05) is 4.90 Å². The first kappa shape index (κ1) is 17.4. The maximum absolute atomic E-state index is 12.1. The van der Waals surface area contributed by atoms with E-state index < -0.39 is 20.0 Å². The predicted molar refractivity (Wildman–Crippen MR) is 88.8 cm³/mol. The van der Waals surface area contributed by atoms with Gasteiger partial charge in [0.15, 0.2) is 5.78 Å². The van der Waals surface area contributed by atoms with Gasteiger partial charge >= 0.3 is 0 Å². The van der Waals surface area contributed by atoms with Crippen molar-refractivity contribution >= 4 is 31.4 Å². The topological polar surface area (TPSA) is 109 Å². The summed E-state index contributed by atoms with van der Waals surface area (Å²) in [5, 5.41) is 0. The Labute approximate surface area is 141 Å². The summed E-state index contributed by atoms with van der Waals surface area (Å²) in [4.78, 5) is 13.8. The predicted octanol–water partition coefficient (Wildman–Crippen LogP) is 1.15. The van der Waals surface area contributed by atoms with Crippen molar-refractivity contribution in [3.8, 4) is 0 Å². The van der Waals surface area contributed by atoms with Crippen molar-refractivity contribution in [2.45, 2.75) is 24.2 Å². The fourth-order valence-corrected chi connectivity index (χ4v) is 5.38. The van der Waals surface area contributed by atoms with Crippen LogP contribution in [0, 0.1) is 5.92 Å². The molecule has 0 radical (unpaired) electrons. The minimum Gasteiger partial charge on any atom is -0.370 e. The molecule has 0 aliphatic carbocycles. The molecule has 1 saturated heterocycles. The largest absolute Gasteiger partial charge is 0.370 e. The van der Waals surface area contributed by atoms with Crippen molar-refractivity contribution in [2.24, 2.45) is 5.92 Å². The van der Waals surface area contributed by atoms with E-state index in [1.54, 1.807) is 0 Å². The molecule has 3 rings (SSSR count). The van der Waals surface area contributed by atoms with Crippen LogP contribution in [0.15, 0.2) is 23.1 Å². The minimum absolute atomic E-state index is 0.155. The number of benzene rings is 1. The quantitative estimate of drug-likeness (QED) is 0.792. The van der Waals surface area contributed by atoms with Crippen LogP contribution in [-0.4, -0.2) is 51.8 Å². The lowest BCUT2D eigenvalue weighted by molar-refractivity contribution is 0.0979. The van der Waals surface area contributed by atoms with Crippen molar-refractivity contribution < 1.29 is 26.2 Å². The Morgan fingerprint density at radius 1 is 1.21 bits per heavy atom. The summed E-state index contributed by atoms with van der Waals surface area (Å²) in [5.41, 5.74) is 0.937. The molecule has 2 aliphatic rings. The number of hydrogen-bond acceptors (Lipinski definition) is 6. The standard InChI is InChI=1S/C15H19NO6S2/c17-15-3-6-16(10-11-4-7-23(18,19)8-5-11)14-2-1-12(9-13(14)15)24(20,21)22/h1-2,9,11H,3-8,10H2,(H,20,21,22). The van der Waals surface area contributed by atoms with Crippen LogP contribution in [0.2, 0.25) is 0 Å². The molecule has 0 amide bonds. The van der Waals surface area contributed by atoms with Crippen molar-refractivity contribution in [2.75, 3.05) is 29.5 Å². The molecule has 2 aliphatic heterocycles. The van der Waals surface area contributed by atoms with Gasteiger partial charge in [0, 0.05) is 30.8 Å². The third-order valence-electron chi connectivity index (χ3n) is 4.67. The lowest BCUT2D eigenvalue weighted by Crippen LogP contribution is -2.38. The van der Waals surface area contributed by atoms with E-state index in [0.717, 1.165) is 0 Å². The fraction of sp³-hybridized carbons (Fsp3) is 0.533. The van der Waals surface area contributed by atoms with Crippen molar-refractivity contribution in [1.29, 1.82) is 0 Å². The molecule has 1 aromatic rings. The number of carbonyl (C=O) groups excluding carboxylic acids is 1. The van der Waals surface area contributed by atoms with Gasteiger partial charge in [-0.1, -0.05) is 0 Å². The molecule has 1 N–H and O–H groups in total. The minimum atomic E-state index is -4.35. The van der Waals surface area contributed by atoms with E-state index in [1.165, 1.54) is 18.2 Å². The average Bonchev–Trinajstić information content (AvgIpc) is 2.51. The summed E-state index contributed by atoms with van der Waals surface area (Å²) in [6, 6.07) is 4.03. The molecule has 7 nitrogen and oxygen atoms in total. The molecule has 9 heteroatoms. The molecule has 1 fully saturated rings. The molecule has 0 atom stereocenters. The zero-order valence-corrected chi connectivity index (χ0v) is 14.6. The molecular weight excluding hydrogens is 354 g/mol. The zero-order valence-electron chi connectivity index (χ0n) is 13.0. The number of ketones is 1. The summed E-state index contributed by atoms with van der Waals surface area (Å²) in [6.07, 6.45) is 1.48. The number of nitrogens with zero attached hydrogens (tertiary/aromatic N) is 1. The van der Waals surface area contributed by atoms with Crippen molar-refractivity contribution in [3.63, 3.8) is 0 Å². The third-order valence-corrected chi connectivity index (χ3v) is 7.23. The highest BCUT2D eigenvalue weighted by atomic mass is 32.2. The third kappa shape index (κ3) is 3.62. The second kappa shape index (κ2) is 6.12. The highest BCUT2D eigenvalue weighted by Gasteiger charge is 2.29. The maximum Gasteiger partial charge on any atom is 0.294 e. The number of anilines is 1. The number of Topliss-reactive ketones (excluding diaryl/α,β-unsaturated/α-hetero) is 1. The Balaban J connectivity index is 1.83. The van der Waals surface area contributed by atoms with Crippen LogP contribution in [-0.2, 0) is 20.0 Å². The number of hydrogen-bond donors (Lipinski definition) is 1. The van der Waals surface area contributed by atoms with Gasteiger partial charge in [-0.3, -0.25) is 9.35 Å². The smallest absolute Gasteiger partial charge is 0.294 e. The lowest BCUT2D eigenvalue weighted by atomic mass is 9.96. The van der Waals surface area contributed by atoms with Gasteiger partial charge < -0.3 is 4.90 Å². The number of fused-ring (bicyclic) bond motifs is 1. The van der Waals surface area contributed by atoms with Crippen LogP contribution in [0.4, 0.5) is 5.69 Å². The molecule has 2 heterocycles. The molecule has 0 unspecified atom stereocenters.